The minimum absolute atomic E-state index is 0.129. The number of esters is 1. The third kappa shape index (κ3) is 5.12. The molecule has 8 heteroatoms. The fraction of sp³-hybridized carbons (Fsp3) is 0.333. The Hall–Kier alpha value is -2.93. The average Bonchev–Trinajstić information content (AvgIpc) is 2.71. The van der Waals surface area contributed by atoms with Gasteiger partial charge in [0.05, 0.1) is 18.4 Å². The van der Waals surface area contributed by atoms with Crippen LogP contribution in [0.1, 0.15) is 52.4 Å². The van der Waals surface area contributed by atoms with Gasteiger partial charge in [-0.15, -0.1) is 0 Å². The molecule has 0 radical (unpaired) electrons. The molecule has 1 heterocycles. The fourth-order valence-corrected chi connectivity index (χ4v) is 3.25. The largest absolute Gasteiger partial charge is 0.465 e. The normalized spacial score (nSPS) is 10.4. The Bertz CT molecular complexity index is 930. The number of amides is 3. The zero-order valence-electron chi connectivity index (χ0n) is 16.9. The van der Waals surface area contributed by atoms with E-state index in [0.29, 0.717) is 34.8 Å². The highest BCUT2D eigenvalue weighted by molar-refractivity contribution is 6.32. The Morgan fingerprint density at radius 1 is 1.17 bits per heavy atom. The van der Waals surface area contributed by atoms with Crippen LogP contribution in [-0.4, -0.2) is 36.5 Å². The van der Waals surface area contributed by atoms with Crippen molar-refractivity contribution in [2.45, 2.75) is 33.6 Å². The number of nitrogens with zero attached hydrogens (tertiary/aromatic N) is 2. The number of methoxy groups -OCH3 is 1. The summed E-state index contributed by atoms with van der Waals surface area (Å²) in [5.41, 5.74) is 1.96. The van der Waals surface area contributed by atoms with Crippen LogP contribution in [0.2, 0.25) is 5.02 Å². The highest BCUT2D eigenvalue weighted by atomic mass is 35.5. The van der Waals surface area contributed by atoms with Crippen LogP contribution in [0.3, 0.4) is 0 Å². The van der Waals surface area contributed by atoms with Crippen molar-refractivity contribution < 1.29 is 19.1 Å². The number of ether oxygens (including phenoxy) is 1. The maximum absolute atomic E-state index is 13.0. The number of carbonyl (C=O) groups is 3. The summed E-state index contributed by atoms with van der Waals surface area (Å²) in [4.78, 5) is 43.3. The molecule has 7 nitrogen and oxygen atoms in total. The van der Waals surface area contributed by atoms with E-state index in [0.717, 1.165) is 0 Å². The molecule has 0 spiro atoms. The van der Waals surface area contributed by atoms with E-state index >= 15 is 0 Å². The van der Waals surface area contributed by atoms with Crippen LogP contribution >= 0.6 is 11.6 Å². The van der Waals surface area contributed by atoms with E-state index in [2.05, 4.69) is 10.3 Å². The maximum atomic E-state index is 13.0. The number of pyridine rings is 1. The Balaban J connectivity index is 2.47. The summed E-state index contributed by atoms with van der Waals surface area (Å²) in [6.07, 6.45) is 1.08. The molecule has 1 aromatic carbocycles. The van der Waals surface area contributed by atoms with Gasteiger partial charge >= 0.3 is 12.0 Å². The van der Waals surface area contributed by atoms with E-state index in [4.69, 9.17) is 16.3 Å². The van der Waals surface area contributed by atoms with Gasteiger partial charge in [-0.2, -0.15) is 0 Å². The van der Waals surface area contributed by atoms with E-state index in [-0.39, 0.29) is 17.8 Å². The van der Waals surface area contributed by atoms with E-state index in [1.54, 1.807) is 25.1 Å². The monoisotopic (exact) mass is 417 g/mol. The molecule has 0 unspecified atom stereocenters. The first-order valence-corrected chi connectivity index (χ1v) is 9.67. The van der Waals surface area contributed by atoms with Gasteiger partial charge in [0, 0.05) is 17.3 Å². The molecular weight excluding hydrogens is 394 g/mol. The number of imide groups is 1. The molecule has 0 aliphatic heterocycles. The van der Waals surface area contributed by atoms with E-state index < -0.39 is 17.9 Å². The number of hydrogen-bond acceptors (Lipinski definition) is 5. The van der Waals surface area contributed by atoms with Crippen molar-refractivity contribution in [3.8, 4) is 0 Å². The summed E-state index contributed by atoms with van der Waals surface area (Å²) in [5, 5.41) is 2.78. The van der Waals surface area contributed by atoms with Crippen LogP contribution < -0.4 is 10.2 Å². The van der Waals surface area contributed by atoms with Gasteiger partial charge in [0.2, 0.25) is 0 Å². The number of aryl methyl sites for hydroxylation is 1. The number of benzene rings is 1. The lowest BCUT2D eigenvalue weighted by atomic mass is 10.0. The molecule has 0 saturated carbocycles. The molecule has 0 aliphatic rings. The fourth-order valence-electron chi connectivity index (χ4n) is 2.97. The predicted octanol–water partition coefficient (Wildman–Crippen LogP) is 4.16. The molecule has 0 fully saturated rings. The molecule has 3 amide bonds. The van der Waals surface area contributed by atoms with Gasteiger partial charge < -0.3 is 4.74 Å². The van der Waals surface area contributed by atoms with Crippen LogP contribution in [0.25, 0.3) is 0 Å². The number of halogens is 1. The molecule has 0 saturated heterocycles. The third-order valence-corrected chi connectivity index (χ3v) is 4.64. The van der Waals surface area contributed by atoms with Gasteiger partial charge in [-0.25, -0.2) is 14.6 Å². The highest BCUT2D eigenvalue weighted by Gasteiger charge is 2.27. The molecule has 0 bridgehead atoms. The van der Waals surface area contributed by atoms with Crippen molar-refractivity contribution >= 4 is 35.2 Å². The highest BCUT2D eigenvalue weighted by Crippen LogP contribution is 2.33. The minimum atomic E-state index is -0.665. The second kappa shape index (κ2) is 10.0. The van der Waals surface area contributed by atoms with Gasteiger partial charge in [0.1, 0.15) is 5.69 Å². The number of nitrogens with one attached hydrogen (secondary N) is 1. The van der Waals surface area contributed by atoms with Crippen LogP contribution in [-0.2, 0) is 11.2 Å². The van der Waals surface area contributed by atoms with Crippen molar-refractivity contribution in [1.82, 2.24) is 10.3 Å². The van der Waals surface area contributed by atoms with Gasteiger partial charge in [-0.1, -0.05) is 31.5 Å². The number of rotatable bonds is 6. The zero-order chi connectivity index (χ0) is 21.6. The zero-order valence-corrected chi connectivity index (χ0v) is 17.7. The molecule has 0 atom stereocenters. The van der Waals surface area contributed by atoms with Crippen LogP contribution in [0.4, 0.5) is 10.5 Å². The number of urea groups is 1. The van der Waals surface area contributed by atoms with Gasteiger partial charge in [-0.05, 0) is 49.6 Å². The summed E-state index contributed by atoms with van der Waals surface area (Å²) in [7, 11) is 1.27. The quantitative estimate of drug-likeness (QED) is 0.713. The lowest BCUT2D eigenvalue weighted by molar-refractivity contribution is 0.0601. The molecular formula is C21H24ClN3O4. The molecule has 2 aromatic rings. The van der Waals surface area contributed by atoms with E-state index in [1.165, 1.54) is 24.1 Å². The Morgan fingerprint density at radius 2 is 1.90 bits per heavy atom. The second-order valence-corrected chi connectivity index (χ2v) is 6.75. The number of hydrogen-bond donors (Lipinski definition) is 1. The number of carbonyl (C=O) groups excluding carboxylic acids is 3. The Morgan fingerprint density at radius 3 is 2.48 bits per heavy atom. The average molecular weight is 418 g/mol. The van der Waals surface area contributed by atoms with Crippen LogP contribution in [0, 0.1) is 6.92 Å². The lowest BCUT2D eigenvalue weighted by Gasteiger charge is -2.27. The van der Waals surface area contributed by atoms with E-state index in [1.807, 2.05) is 13.8 Å². The topological polar surface area (TPSA) is 88.6 Å². The summed E-state index contributed by atoms with van der Waals surface area (Å²) in [6, 6.07) is 7.42. The Labute approximate surface area is 175 Å². The van der Waals surface area contributed by atoms with Crippen molar-refractivity contribution in [2.75, 3.05) is 18.6 Å². The van der Waals surface area contributed by atoms with Crippen molar-refractivity contribution in [3.05, 3.63) is 57.9 Å². The van der Waals surface area contributed by atoms with Gasteiger partial charge in [0.15, 0.2) is 0 Å². The SMILES string of the molecule is CCCN(C(=O)NC(=O)c1cccc(C)n1)c1c(C(=O)OC)ccc(Cl)c1CC. The molecule has 1 N–H and O–H groups in total. The molecule has 154 valence electrons. The maximum Gasteiger partial charge on any atom is 0.339 e. The predicted molar refractivity (Wildman–Crippen MR) is 112 cm³/mol. The van der Waals surface area contributed by atoms with Gasteiger partial charge in [0.25, 0.3) is 5.91 Å². The third-order valence-electron chi connectivity index (χ3n) is 4.29. The van der Waals surface area contributed by atoms with E-state index in [9.17, 15) is 14.4 Å². The van der Waals surface area contributed by atoms with Crippen molar-refractivity contribution in [3.63, 3.8) is 0 Å². The Kier molecular flexibility index (Phi) is 7.73. The molecule has 29 heavy (non-hydrogen) atoms. The summed E-state index contributed by atoms with van der Waals surface area (Å²) in [6.45, 7) is 5.79. The summed E-state index contributed by atoms with van der Waals surface area (Å²) >= 11 is 6.33. The van der Waals surface area contributed by atoms with Crippen LogP contribution in [0.15, 0.2) is 30.3 Å². The van der Waals surface area contributed by atoms with Crippen LogP contribution in [0.5, 0.6) is 0 Å². The molecule has 2 rings (SSSR count). The lowest BCUT2D eigenvalue weighted by Crippen LogP contribution is -2.44. The number of anilines is 1. The second-order valence-electron chi connectivity index (χ2n) is 6.34. The first-order chi connectivity index (χ1) is 13.8. The number of aromatic nitrogens is 1. The first kappa shape index (κ1) is 22.4. The summed E-state index contributed by atoms with van der Waals surface area (Å²) < 4.78 is 4.87. The minimum Gasteiger partial charge on any atom is -0.465 e. The van der Waals surface area contributed by atoms with Crippen molar-refractivity contribution in [2.24, 2.45) is 0 Å². The smallest absolute Gasteiger partial charge is 0.339 e. The molecule has 1 aromatic heterocycles. The summed E-state index contributed by atoms with van der Waals surface area (Å²) in [5.74, 6) is -1.22. The van der Waals surface area contributed by atoms with Gasteiger partial charge in [-0.3, -0.25) is 15.0 Å². The van der Waals surface area contributed by atoms with Crippen molar-refractivity contribution in [1.29, 1.82) is 0 Å². The first-order valence-electron chi connectivity index (χ1n) is 9.30. The standard InChI is InChI=1S/C21H24ClN3O4/c1-5-12-25(21(28)24-19(26)17-9-7-8-13(3)23-17)18-14(6-2)16(22)11-10-15(18)20(27)29-4/h7-11H,5-6,12H2,1-4H3,(H,24,26,28). The molecule has 0 aliphatic carbocycles.